The Morgan fingerprint density at radius 1 is 1.24 bits per heavy atom. The molecule has 0 aromatic heterocycles. The summed E-state index contributed by atoms with van der Waals surface area (Å²) in [5.41, 5.74) is 1.53. The maximum atomic E-state index is 9.45. The first kappa shape index (κ1) is 16.3. The van der Waals surface area contributed by atoms with Gasteiger partial charge in [0.1, 0.15) is 5.75 Å². The van der Waals surface area contributed by atoms with E-state index in [1.807, 2.05) is 12.1 Å². The van der Waals surface area contributed by atoms with Gasteiger partial charge in [-0.05, 0) is 36.5 Å². The molecule has 1 aliphatic heterocycles. The molecule has 0 amide bonds. The van der Waals surface area contributed by atoms with Crippen molar-refractivity contribution in [3.05, 3.63) is 29.8 Å². The Balaban J connectivity index is 2.18. The SMILES string of the molecule is CCC1(CC)CNC(C(C)C)CN1Cc1ccc(O)cc1. The number of nitrogens with one attached hydrogen (secondary N) is 1. The summed E-state index contributed by atoms with van der Waals surface area (Å²) in [7, 11) is 0. The second-order valence-electron chi connectivity index (χ2n) is 6.71. The highest BCUT2D eigenvalue weighted by molar-refractivity contribution is 5.26. The molecule has 1 unspecified atom stereocenters. The number of piperazine rings is 1. The molecule has 0 spiro atoms. The molecule has 0 saturated carbocycles. The number of hydrogen-bond acceptors (Lipinski definition) is 3. The smallest absolute Gasteiger partial charge is 0.115 e. The highest BCUT2D eigenvalue weighted by Gasteiger charge is 2.39. The minimum atomic E-state index is 0.253. The maximum Gasteiger partial charge on any atom is 0.115 e. The van der Waals surface area contributed by atoms with E-state index < -0.39 is 0 Å². The van der Waals surface area contributed by atoms with Crippen molar-refractivity contribution in [3.8, 4) is 5.75 Å². The van der Waals surface area contributed by atoms with Crippen molar-refractivity contribution in [3.63, 3.8) is 0 Å². The van der Waals surface area contributed by atoms with E-state index in [9.17, 15) is 5.11 Å². The first-order chi connectivity index (χ1) is 10.0. The number of hydrogen-bond donors (Lipinski definition) is 2. The third kappa shape index (κ3) is 3.58. The lowest BCUT2D eigenvalue weighted by molar-refractivity contribution is 0.0156. The van der Waals surface area contributed by atoms with Crippen LogP contribution in [0, 0.1) is 5.92 Å². The van der Waals surface area contributed by atoms with Crippen LogP contribution >= 0.6 is 0 Å². The van der Waals surface area contributed by atoms with E-state index in [1.165, 1.54) is 18.4 Å². The molecule has 1 aromatic carbocycles. The maximum absolute atomic E-state index is 9.45. The summed E-state index contributed by atoms with van der Waals surface area (Å²) in [6.45, 7) is 12.3. The van der Waals surface area contributed by atoms with Gasteiger partial charge in [0.25, 0.3) is 0 Å². The standard InChI is InChI=1S/C18H30N2O/c1-5-18(6-2)13-19-17(14(3)4)12-20(18)11-15-7-9-16(21)10-8-15/h7-10,14,17,19,21H,5-6,11-13H2,1-4H3. The topological polar surface area (TPSA) is 35.5 Å². The summed E-state index contributed by atoms with van der Waals surface area (Å²) in [5, 5.41) is 13.2. The van der Waals surface area contributed by atoms with Gasteiger partial charge in [-0.2, -0.15) is 0 Å². The largest absolute Gasteiger partial charge is 0.508 e. The molecule has 1 aromatic rings. The predicted molar refractivity (Wildman–Crippen MR) is 88.5 cm³/mol. The molecule has 2 rings (SSSR count). The van der Waals surface area contributed by atoms with Gasteiger partial charge in [-0.25, -0.2) is 0 Å². The summed E-state index contributed by atoms with van der Waals surface area (Å²) in [4.78, 5) is 2.65. The number of nitrogens with zero attached hydrogens (tertiary/aromatic N) is 1. The van der Waals surface area contributed by atoms with Gasteiger partial charge >= 0.3 is 0 Å². The molecular formula is C18H30N2O. The van der Waals surface area contributed by atoms with Crippen molar-refractivity contribution in [2.75, 3.05) is 13.1 Å². The van der Waals surface area contributed by atoms with Crippen molar-refractivity contribution in [2.24, 2.45) is 5.92 Å². The summed E-state index contributed by atoms with van der Waals surface area (Å²) >= 11 is 0. The lowest BCUT2D eigenvalue weighted by atomic mass is 9.85. The first-order valence-corrected chi connectivity index (χ1v) is 8.27. The number of aromatic hydroxyl groups is 1. The van der Waals surface area contributed by atoms with Gasteiger partial charge in [-0.1, -0.05) is 39.8 Å². The van der Waals surface area contributed by atoms with Crippen LogP contribution in [-0.2, 0) is 6.54 Å². The van der Waals surface area contributed by atoms with Crippen LogP contribution in [0.4, 0.5) is 0 Å². The number of phenols is 1. The fraction of sp³-hybridized carbons (Fsp3) is 0.667. The Kier molecular flexibility index (Phi) is 5.28. The fourth-order valence-electron chi connectivity index (χ4n) is 3.38. The highest BCUT2D eigenvalue weighted by Crippen LogP contribution is 2.30. The molecule has 0 aliphatic carbocycles. The van der Waals surface area contributed by atoms with Gasteiger partial charge in [-0.15, -0.1) is 0 Å². The van der Waals surface area contributed by atoms with Crippen molar-refractivity contribution >= 4 is 0 Å². The van der Waals surface area contributed by atoms with Gasteiger partial charge < -0.3 is 10.4 Å². The zero-order chi connectivity index (χ0) is 15.5. The molecule has 1 saturated heterocycles. The minimum Gasteiger partial charge on any atom is -0.508 e. The molecule has 0 bridgehead atoms. The summed E-state index contributed by atoms with van der Waals surface area (Å²) in [6, 6.07) is 8.22. The molecule has 3 heteroatoms. The average molecular weight is 290 g/mol. The second kappa shape index (κ2) is 6.80. The monoisotopic (exact) mass is 290 g/mol. The molecule has 1 atom stereocenters. The summed E-state index contributed by atoms with van der Waals surface area (Å²) in [5.74, 6) is 0.996. The Hall–Kier alpha value is -1.06. The normalized spacial score (nSPS) is 22.6. The Morgan fingerprint density at radius 2 is 1.86 bits per heavy atom. The Labute approximate surface area is 129 Å². The van der Waals surface area contributed by atoms with E-state index >= 15 is 0 Å². The minimum absolute atomic E-state index is 0.253. The molecule has 21 heavy (non-hydrogen) atoms. The molecular weight excluding hydrogens is 260 g/mol. The van der Waals surface area contributed by atoms with Gasteiger partial charge in [0.05, 0.1) is 0 Å². The Bertz CT molecular complexity index is 437. The van der Waals surface area contributed by atoms with Crippen molar-refractivity contribution < 1.29 is 5.11 Å². The molecule has 1 heterocycles. The van der Waals surface area contributed by atoms with Crippen LogP contribution in [0.25, 0.3) is 0 Å². The van der Waals surface area contributed by atoms with Crippen LogP contribution in [0.5, 0.6) is 5.75 Å². The Morgan fingerprint density at radius 3 is 2.38 bits per heavy atom. The van der Waals surface area contributed by atoms with E-state index in [4.69, 9.17) is 0 Å². The summed E-state index contributed by atoms with van der Waals surface area (Å²) in [6.07, 6.45) is 2.33. The van der Waals surface area contributed by atoms with Crippen LogP contribution in [0.15, 0.2) is 24.3 Å². The van der Waals surface area contributed by atoms with E-state index in [0.717, 1.165) is 19.6 Å². The fourth-order valence-corrected chi connectivity index (χ4v) is 3.38. The quantitative estimate of drug-likeness (QED) is 0.872. The molecule has 118 valence electrons. The van der Waals surface area contributed by atoms with Crippen LogP contribution < -0.4 is 5.32 Å². The lowest BCUT2D eigenvalue weighted by Gasteiger charge is -2.50. The van der Waals surface area contributed by atoms with E-state index in [-0.39, 0.29) is 5.54 Å². The van der Waals surface area contributed by atoms with Gasteiger partial charge in [0, 0.05) is 31.2 Å². The zero-order valence-corrected chi connectivity index (χ0v) is 13.9. The number of phenolic OH excluding ortho intramolecular Hbond substituents is 1. The average Bonchev–Trinajstić information content (AvgIpc) is 2.49. The second-order valence-corrected chi connectivity index (χ2v) is 6.71. The van der Waals surface area contributed by atoms with E-state index in [1.54, 1.807) is 12.1 Å². The molecule has 1 fully saturated rings. The molecule has 0 radical (unpaired) electrons. The van der Waals surface area contributed by atoms with E-state index in [2.05, 4.69) is 37.9 Å². The lowest BCUT2D eigenvalue weighted by Crippen LogP contribution is -2.64. The van der Waals surface area contributed by atoms with Crippen LogP contribution in [-0.4, -0.2) is 34.7 Å². The van der Waals surface area contributed by atoms with Crippen LogP contribution in [0.2, 0.25) is 0 Å². The third-order valence-electron chi connectivity index (χ3n) is 5.21. The van der Waals surface area contributed by atoms with Gasteiger partial charge in [0.15, 0.2) is 0 Å². The van der Waals surface area contributed by atoms with Gasteiger partial charge in [0.2, 0.25) is 0 Å². The third-order valence-corrected chi connectivity index (χ3v) is 5.21. The van der Waals surface area contributed by atoms with Crippen molar-refractivity contribution in [1.82, 2.24) is 10.2 Å². The molecule has 3 nitrogen and oxygen atoms in total. The van der Waals surface area contributed by atoms with Crippen molar-refractivity contribution in [2.45, 2.75) is 58.7 Å². The molecule has 2 N–H and O–H groups in total. The van der Waals surface area contributed by atoms with Gasteiger partial charge in [-0.3, -0.25) is 4.90 Å². The number of rotatable bonds is 5. The predicted octanol–water partition coefficient (Wildman–Crippen LogP) is 3.38. The summed E-state index contributed by atoms with van der Waals surface area (Å²) < 4.78 is 0. The van der Waals surface area contributed by atoms with Crippen LogP contribution in [0.1, 0.15) is 46.1 Å². The molecule has 1 aliphatic rings. The zero-order valence-electron chi connectivity index (χ0n) is 13.9. The first-order valence-electron chi connectivity index (χ1n) is 8.27. The number of benzene rings is 1. The van der Waals surface area contributed by atoms with E-state index in [0.29, 0.717) is 17.7 Å². The highest BCUT2D eigenvalue weighted by atomic mass is 16.3. The van der Waals surface area contributed by atoms with Crippen molar-refractivity contribution in [1.29, 1.82) is 0 Å². The van der Waals surface area contributed by atoms with Crippen LogP contribution in [0.3, 0.4) is 0 Å².